The highest BCUT2D eigenvalue weighted by Crippen LogP contribution is 2.20. The fraction of sp³-hybridized carbons (Fsp3) is 0.133. The van der Waals surface area contributed by atoms with Gasteiger partial charge in [0.05, 0.1) is 9.82 Å². The summed E-state index contributed by atoms with van der Waals surface area (Å²) < 4.78 is 28.1. The highest BCUT2D eigenvalue weighted by Gasteiger charge is 2.18. The SMILES string of the molecule is Cc1c([N+](=O)[O-])cnn1CC(=O)Nc1ccc(S(=O)(=O)Nc2nccs2)cc1. The first-order chi connectivity index (χ1) is 13.3. The van der Waals surface area contributed by atoms with Crippen LogP contribution < -0.4 is 10.0 Å². The summed E-state index contributed by atoms with van der Waals surface area (Å²) in [5, 5.41) is 19.1. The third kappa shape index (κ3) is 4.32. The Morgan fingerprint density at radius 2 is 2.04 bits per heavy atom. The number of nitrogens with zero attached hydrogens (tertiary/aromatic N) is 4. The molecule has 0 atom stereocenters. The molecule has 0 saturated heterocycles. The van der Waals surface area contributed by atoms with Gasteiger partial charge in [-0.05, 0) is 31.2 Å². The molecule has 0 bridgehead atoms. The highest BCUT2D eigenvalue weighted by atomic mass is 32.2. The lowest BCUT2D eigenvalue weighted by Crippen LogP contribution is -2.20. The van der Waals surface area contributed by atoms with E-state index in [-0.39, 0.29) is 28.0 Å². The molecule has 3 aromatic rings. The van der Waals surface area contributed by atoms with Gasteiger partial charge in [0.2, 0.25) is 5.91 Å². The van der Waals surface area contributed by atoms with Gasteiger partial charge in [-0.3, -0.25) is 24.3 Å². The average molecular weight is 422 g/mol. The van der Waals surface area contributed by atoms with Gasteiger partial charge in [0.15, 0.2) is 5.13 Å². The number of aromatic nitrogens is 3. The van der Waals surface area contributed by atoms with Crippen molar-refractivity contribution in [2.24, 2.45) is 0 Å². The van der Waals surface area contributed by atoms with E-state index in [4.69, 9.17) is 0 Å². The van der Waals surface area contributed by atoms with Crippen molar-refractivity contribution in [3.05, 3.63) is 57.8 Å². The van der Waals surface area contributed by atoms with Crippen LogP contribution in [0.15, 0.2) is 46.9 Å². The van der Waals surface area contributed by atoms with Gasteiger partial charge in [0.1, 0.15) is 18.4 Å². The number of nitro groups is 1. The molecule has 13 heteroatoms. The molecule has 0 unspecified atom stereocenters. The van der Waals surface area contributed by atoms with Crippen molar-refractivity contribution in [2.45, 2.75) is 18.4 Å². The molecule has 0 aliphatic rings. The first kappa shape index (κ1) is 19.4. The summed E-state index contributed by atoms with van der Waals surface area (Å²) in [4.78, 5) is 26.2. The second-order valence-corrected chi connectivity index (χ2v) is 8.12. The zero-order chi connectivity index (χ0) is 20.3. The third-order valence-corrected chi connectivity index (χ3v) is 5.84. The van der Waals surface area contributed by atoms with Crippen molar-refractivity contribution >= 4 is 43.8 Å². The van der Waals surface area contributed by atoms with Crippen LogP contribution in [0, 0.1) is 17.0 Å². The molecular formula is C15H14N6O5S2. The van der Waals surface area contributed by atoms with Crippen LogP contribution in [0.5, 0.6) is 0 Å². The first-order valence-corrected chi connectivity index (χ1v) is 10.1. The summed E-state index contributed by atoms with van der Waals surface area (Å²) in [5.41, 5.74) is 0.461. The van der Waals surface area contributed by atoms with Gasteiger partial charge >= 0.3 is 5.69 Å². The van der Waals surface area contributed by atoms with E-state index in [1.165, 1.54) is 42.1 Å². The Morgan fingerprint density at radius 1 is 1.32 bits per heavy atom. The van der Waals surface area contributed by atoms with Crippen molar-refractivity contribution in [3.63, 3.8) is 0 Å². The van der Waals surface area contributed by atoms with Crippen molar-refractivity contribution < 1.29 is 18.1 Å². The lowest BCUT2D eigenvalue weighted by molar-refractivity contribution is -0.385. The van der Waals surface area contributed by atoms with Crippen molar-refractivity contribution in [1.82, 2.24) is 14.8 Å². The minimum absolute atomic E-state index is 0.0132. The lowest BCUT2D eigenvalue weighted by Gasteiger charge is -2.08. The molecule has 0 aliphatic carbocycles. The second kappa shape index (κ2) is 7.74. The first-order valence-electron chi connectivity index (χ1n) is 7.75. The molecule has 3 rings (SSSR count). The van der Waals surface area contributed by atoms with Crippen LogP contribution in [0.2, 0.25) is 0 Å². The smallest absolute Gasteiger partial charge is 0.309 e. The largest absolute Gasteiger partial charge is 0.324 e. The monoisotopic (exact) mass is 422 g/mol. The molecule has 2 N–H and O–H groups in total. The number of hydrogen-bond donors (Lipinski definition) is 2. The number of anilines is 2. The molecule has 28 heavy (non-hydrogen) atoms. The van der Waals surface area contributed by atoms with Gasteiger partial charge in [0, 0.05) is 17.3 Å². The molecule has 146 valence electrons. The number of amides is 1. The summed E-state index contributed by atoms with van der Waals surface area (Å²) in [6, 6.07) is 5.56. The fourth-order valence-corrected chi connectivity index (χ4v) is 4.07. The molecule has 0 fully saturated rings. The van der Waals surface area contributed by atoms with E-state index in [9.17, 15) is 23.3 Å². The Morgan fingerprint density at radius 3 is 2.61 bits per heavy atom. The normalized spacial score (nSPS) is 11.2. The topological polar surface area (TPSA) is 149 Å². The maximum absolute atomic E-state index is 12.3. The van der Waals surface area contributed by atoms with Gasteiger partial charge in [-0.2, -0.15) is 5.10 Å². The Balaban J connectivity index is 1.65. The zero-order valence-corrected chi connectivity index (χ0v) is 16.0. The van der Waals surface area contributed by atoms with Gasteiger partial charge in [0.25, 0.3) is 10.0 Å². The lowest BCUT2D eigenvalue weighted by atomic mass is 10.3. The quantitative estimate of drug-likeness (QED) is 0.437. The Bertz CT molecular complexity index is 1110. The van der Waals surface area contributed by atoms with Crippen LogP contribution in [0.1, 0.15) is 5.69 Å². The Kier molecular flexibility index (Phi) is 5.37. The molecule has 0 aliphatic heterocycles. The van der Waals surface area contributed by atoms with Crippen LogP contribution >= 0.6 is 11.3 Å². The van der Waals surface area contributed by atoms with E-state index >= 15 is 0 Å². The van der Waals surface area contributed by atoms with Crippen LogP contribution in [-0.4, -0.2) is 34.0 Å². The number of rotatable bonds is 7. The second-order valence-electron chi connectivity index (χ2n) is 5.55. The maximum Gasteiger partial charge on any atom is 0.309 e. The third-order valence-electron chi connectivity index (χ3n) is 3.67. The highest BCUT2D eigenvalue weighted by molar-refractivity contribution is 7.93. The van der Waals surface area contributed by atoms with Gasteiger partial charge in [-0.25, -0.2) is 13.4 Å². The molecule has 1 aromatic carbocycles. The number of nitrogens with one attached hydrogen (secondary N) is 2. The van der Waals surface area contributed by atoms with E-state index in [1.807, 2.05) is 0 Å². The summed E-state index contributed by atoms with van der Waals surface area (Å²) in [6.07, 6.45) is 2.56. The van der Waals surface area contributed by atoms with Crippen molar-refractivity contribution in [2.75, 3.05) is 10.0 Å². The number of thiazole rings is 1. The van der Waals surface area contributed by atoms with Crippen LogP contribution in [0.4, 0.5) is 16.5 Å². The van der Waals surface area contributed by atoms with Gasteiger partial charge in [-0.1, -0.05) is 0 Å². The van der Waals surface area contributed by atoms with E-state index < -0.39 is 20.9 Å². The van der Waals surface area contributed by atoms with Crippen LogP contribution in [0.25, 0.3) is 0 Å². The minimum Gasteiger partial charge on any atom is -0.324 e. The average Bonchev–Trinajstić information content (AvgIpc) is 3.25. The van der Waals surface area contributed by atoms with Crippen LogP contribution in [-0.2, 0) is 21.4 Å². The molecular weight excluding hydrogens is 408 g/mol. The van der Waals surface area contributed by atoms with E-state index in [1.54, 1.807) is 5.38 Å². The molecule has 11 nitrogen and oxygen atoms in total. The Labute approximate surface area is 163 Å². The number of sulfonamides is 1. The standard InChI is InChI=1S/C15H14N6O5S2/c1-10-13(21(23)24)8-17-20(10)9-14(22)18-11-2-4-12(5-3-11)28(25,26)19-15-16-6-7-27-15/h2-8H,9H2,1H3,(H,16,19)(H,18,22). The fourth-order valence-electron chi connectivity index (χ4n) is 2.28. The number of benzene rings is 1. The summed E-state index contributed by atoms with van der Waals surface area (Å²) in [5.74, 6) is -0.461. The maximum atomic E-state index is 12.3. The number of carbonyl (C=O) groups excluding carboxylic acids is 1. The molecule has 0 radical (unpaired) electrons. The Hall–Kier alpha value is -3.32. The number of carbonyl (C=O) groups is 1. The minimum atomic E-state index is -3.78. The van der Waals surface area contributed by atoms with E-state index in [0.717, 1.165) is 17.5 Å². The molecule has 2 aromatic heterocycles. The number of hydrogen-bond acceptors (Lipinski definition) is 8. The van der Waals surface area contributed by atoms with E-state index in [2.05, 4.69) is 20.1 Å². The molecule has 2 heterocycles. The molecule has 0 saturated carbocycles. The van der Waals surface area contributed by atoms with Crippen LogP contribution in [0.3, 0.4) is 0 Å². The zero-order valence-electron chi connectivity index (χ0n) is 14.4. The predicted molar refractivity (Wildman–Crippen MR) is 102 cm³/mol. The van der Waals surface area contributed by atoms with Crippen molar-refractivity contribution in [1.29, 1.82) is 0 Å². The predicted octanol–water partition coefficient (Wildman–Crippen LogP) is 2.00. The molecule has 0 spiro atoms. The van der Waals surface area contributed by atoms with E-state index in [0.29, 0.717) is 5.69 Å². The van der Waals surface area contributed by atoms with Gasteiger partial charge in [-0.15, -0.1) is 11.3 Å². The van der Waals surface area contributed by atoms with Crippen molar-refractivity contribution in [3.8, 4) is 0 Å². The molecule has 1 amide bonds. The summed E-state index contributed by atoms with van der Waals surface area (Å²) >= 11 is 1.15. The summed E-state index contributed by atoms with van der Waals surface area (Å²) in [6.45, 7) is 1.28. The van der Waals surface area contributed by atoms with Gasteiger partial charge < -0.3 is 5.32 Å². The summed E-state index contributed by atoms with van der Waals surface area (Å²) in [7, 11) is -3.78.